The van der Waals surface area contributed by atoms with Gasteiger partial charge in [-0.2, -0.15) is 0 Å². The number of rotatable bonds is 6. The Labute approximate surface area is 187 Å². The van der Waals surface area contributed by atoms with Crippen LogP contribution in [0.2, 0.25) is 0 Å². The number of alkyl carbamates (subject to hydrolysis) is 1. The van der Waals surface area contributed by atoms with Gasteiger partial charge in [0, 0.05) is 18.7 Å². The fraction of sp³-hybridized carbons (Fsp3) is 0.250. The number of hydrogen-bond acceptors (Lipinski definition) is 6. The maximum atomic E-state index is 13.0. The van der Waals surface area contributed by atoms with Gasteiger partial charge in [-0.15, -0.1) is 0 Å². The fourth-order valence-electron chi connectivity index (χ4n) is 4.05. The largest absolute Gasteiger partial charge is 0.445 e. The highest BCUT2D eigenvalue weighted by molar-refractivity contribution is 7.91. The Bertz CT molecular complexity index is 1190. The van der Waals surface area contributed by atoms with E-state index in [1.807, 2.05) is 30.3 Å². The van der Waals surface area contributed by atoms with E-state index in [4.69, 9.17) is 4.74 Å². The SMILES string of the molecule is O=C(NC1Cc2cccnc2[C@@](O)(CS(=O)(=O)c2ccccc2)C1)OCc1ccccc1. The van der Waals surface area contributed by atoms with Crippen molar-refractivity contribution >= 4 is 15.9 Å². The lowest BCUT2D eigenvalue weighted by atomic mass is 9.81. The third-order valence-corrected chi connectivity index (χ3v) is 7.30. The summed E-state index contributed by atoms with van der Waals surface area (Å²) in [5.41, 5.74) is 0.125. The number of fused-ring (bicyclic) bond motifs is 1. The molecule has 8 heteroatoms. The van der Waals surface area contributed by atoms with Crippen molar-refractivity contribution in [2.45, 2.75) is 36.0 Å². The lowest BCUT2D eigenvalue weighted by Crippen LogP contribution is -2.49. The number of benzene rings is 2. The summed E-state index contributed by atoms with van der Waals surface area (Å²) in [6, 6.07) is 20.3. The van der Waals surface area contributed by atoms with Gasteiger partial charge in [0.05, 0.1) is 16.3 Å². The maximum absolute atomic E-state index is 13.0. The van der Waals surface area contributed by atoms with Crippen molar-refractivity contribution in [2.75, 3.05) is 5.75 Å². The number of aliphatic hydroxyl groups is 1. The van der Waals surface area contributed by atoms with Crippen molar-refractivity contribution in [3.63, 3.8) is 0 Å². The van der Waals surface area contributed by atoms with E-state index in [2.05, 4.69) is 10.3 Å². The minimum atomic E-state index is -3.79. The van der Waals surface area contributed by atoms with E-state index < -0.39 is 33.3 Å². The van der Waals surface area contributed by atoms with E-state index in [9.17, 15) is 18.3 Å². The molecule has 0 spiro atoms. The summed E-state index contributed by atoms with van der Waals surface area (Å²) >= 11 is 0. The first-order chi connectivity index (χ1) is 15.4. The first-order valence-corrected chi connectivity index (χ1v) is 11.9. The second-order valence-corrected chi connectivity index (χ2v) is 9.92. The number of amides is 1. The minimum Gasteiger partial charge on any atom is -0.445 e. The summed E-state index contributed by atoms with van der Waals surface area (Å²) in [6.07, 6.45) is 1.32. The van der Waals surface area contributed by atoms with Gasteiger partial charge in [0.1, 0.15) is 12.2 Å². The molecule has 1 amide bonds. The second-order valence-electron chi connectivity index (χ2n) is 7.93. The summed E-state index contributed by atoms with van der Waals surface area (Å²) in [4.78, 5) is 16.8. The van der Waals surface area contributed by atoms with Gasteiger partial charge >= 0.3 is 6.09 Å². The van der Waals surface area contributed by atoms with Gasteiger partial charge in [0.15, 0.2) is 9.84 Å². The number of nitrogens with one attached hydrogen (secondary N) is 1. The Morgan fingerprint density at radius 3 is 2.47 bits per heavy atom. The molecule has 0 bridgehead atoms. The fourth-order valence-corrected chi connectivity index (χ4v) is 5.67. The van der Waals surface area contributed by atoms with Gasteiger partial charge < -0.3 is 15.2 Å². The molecule has 1 aliphatic rings. The summed E-state index contributed by atoms with van der Waals surface area (Å²) in [6.45, 7) is 0.115. The van der Waals surface area contributed by atoms with E-state index in [1.54, 1.807) is 30.3 Å². The molecular weight excluding hydrogens is 428 g/mol. The van der Waals surface area contributed by atoms with Crippen molar-refractivity contribution in [3.05, 3.63) is 95.8 Å². The normalized spacial score (nSPS) is 20.2. The van der Waals surface area contributed by atoms with E-state index in [0.717, 1.165) is 5.56 Å². The quantitative estimate of drug-likeness (QED) is 0.596. The standard InChI is InChI=1S/C24H24N2O5S/c27-23(31-16-18-8-3-1-4-9-18)26-20-14-19-10-7-13-25-22(19)24(28,15-20)17-32(29,30)21-11-5-2-6-12-21/h1-13,20,28H,14-17H2,(H,26,27)/t20?,24-/m0/s1. The first-order valence-electron chi connectivity index (χ1n) is 10.3. The van der Waals surface area contributed by atoms with E-state index >= 15 is 0 Å². The third kappa shape index (κ3) is 4.98. The van der Waals surface area contributed by atoms with E-state index in [1.165, 1.54) is 18.3 Å². The molecule has 32 heavy (non-hydrogen) atoms. The lowest BCUT2D eigenvalue weighted by molar-refractivity contribution is 0.0260. The minimum absolute atomic E-state index is 0.00349. The Morgan fingerprint density at radius 1 is 1.06 bits per heavy atom. The van der Waals surface area contributed by atoms with Crippen molar-refractivity contribution in [1.82, 2.24) is 10.3 Å². The number of ether oxygens (including phenoxy) is 1. The number of aromatic nitrogens is 1. The van der Waals surface area contributed by atoms with Crippen molar-refractivity contribution in [2.24, 2.45) is 0 Å². The predicted molar refractivity (Wildman–Crippen MR) is 119 cm³/mol. The average molecular weight is 453 g/mol. The zero-order valence-corrected chi connectivity index (χ0v) is 18.2. The molecule has 1 unspecified atom stereocenters. The number of carbonyl (C=O) groups is 1. The third-order valence-electron chi connectivity index (χ3n) is 5.45. The van der Waals surface area contributed by atoms with Crippen LogP contribution < -0.4 is 5.32 Å². The summed E-state index contributed by atoms with van der Waals surface area (Å²) in [5.74, 6) is -0.536. The van der Waals surface area contributed by atoms with E-state index in [0.29, 0.717) is 17.7 Å². The summed E-state index contributed by atoms with van der Waals surface area (Å²) in [7, 11) is -3.79. The molecule has 1 aliphatic carbocycles. The summed E-state index contributed by atoms with van der Waals surface area (Å²) in [5, 5.41) is 14.2. The number of carbonyl (C=O) groups excluding carboxylic acids is 1. The van der Waals surface area contributed by atoms with Crippen molar-refractivity contribution < 1.29 is 23.1 Å². The van der Waals surface area contributed by atoms with Gasteiger partial charge in [-0.3, -0.25) is 4.98 Å². The Hall–Kier alpha value is -3.23. The van der Waals surface area contributed by atoms with Crippen LogP contribution in [0.5, 0.6) is 0 Å². The molecule has 166 valence electrons. The maximum Gasteiger partial charge on any atom is 0.407 e. The Morgan fingerprint density at radius 2 is 1.75 bits per heavy atom. The van der Waals surface area contributed by atoms with Gasteiger partial charge in [-0.1, -0.05) is 54.6 Å². The Balaban J connectivity index is 1.52. The topological polar surface area (TPSA) is 106 Å². The first kappa shape index (κ1) is 22.0. The molecule has 7 nitrogen and oxygen atoms in total. The number of pyridine rings is 1. The molecule has 0 radical (unpaired) electrons. The van der Waals surface area contributed by atoms with Crippen LogP contribution in [0.4, 0.5) is 4.79 Å². The molecule has 3 aromatic rings. The van der Waals surface area contributed by atoms with Gasteiger partial charge in [0.25, 0.3) is 0 Å². The highest BCUT2D eigenvalue weighted by Gasteiger charge is 2.44. The molecule has 0 fully saturated rings. The highest BCUT2D eigenvalue weighted by Crippen LogP contribution is 2.36. The van der Waals surface area contributed by atoms with E-state index in [-0.39, 0.29) is 17.9 Å². The molecule has 0 saturated carbocycles. The van der Waals surface area contributed by atoms with Crippen LogP contribution in [0.1, 0.15) is 23.2 Å². The monoisotopic (exact) mass is 452 g/mol. The smallest absolute Gasteiger partial charge is 0.407 e. The van der Waals surface area contributed by atoms with Crippen LogP contribution in [0.15, 0.2) is 83.9 Å². The van der Waals surface area contributed by atoms with Crippen LogP contribution >= 0.6 is 0 Å². The molecule has 2 atom stereocenters. The number of hydrogen-bond donors (Lipinski definition) is 2. The van der Waals surface area contributed by atoms with Crippen LogP contribution in [0.3, 0.4) is 0 Å². The summed E-state index contributed by atoms with van der Waals surface area (Å²) < 4.78 is 31.3. The van der Waals surface area contributed by atoms with Gasteiger partial charge in [-0.05, 0) is 35.7 Å². The van der Waals surface area contributed by atoms with Crippen LogP contribution in [-0.2, 0) is 33.2 Å². The van der Waals surface area contributed by atoms with Crippen LogP contribution in [-0.4, -0.2) is 36.4 Å². The lowest BCUT2D eigenvalue weighted by Gasteiger charge is -2.37. The molecule has 0 aliphatic heterocycles. The second kappa shape index (κ2) is 9.10. The number of sulfone groups is 1. The van der Waals surface area contributed by atoms with Crippen LogP contribution in [0, 0.1) is 0 Å². The number of nitrogens with zero attached hydrogens (tertiary/aromatic N) is 1. The van der Waals surface area contributed by atoms with Gasteiger partial charge in [0.2, 0.25) is 0 Å². The van der Waals surface area contributed by atoms with Crippen LogP contribution in [0.25, 0.3) is 0 Å². The average Bonchev–Trinajstić information content (AvgIpc) is 2.78. The molecular formula is C24H24N2O5S. The molecule has 1 aromatic heterocycles. The molecule has 2 aromatic carbocycles. The van der Waals surface area contributed by atoms with Crippen molar-refractivity contribution in [1.29, 1.82) is 0 Å². The predicted octanol–water partition coefficient (Wildman–Crippen LogP) is 2.98. The molecule has 2 N–H and O–H groups in total. The zero-order valence-electron chi connectivity index (χ0n) is 17.3. The van der Waals surface area contributed by atoms with Crippen molar-refractivity contribution in [3.8, 4) is 0 Å². The van der Waals surface area contributed by atoms with Gasteiger partial charge in [-0.25, -0.2) is 13.2 Å². The molecule has 1 heterocycles. The molecule has 4 rings (SSSR count). The molecule has 0 saturated heterocycles. The Kier molecular flexibility index (Phi) is 6.25. The highest BCUT2D eigenvalue weighted by atomic mass is 32.2. The zero-order chi connectivity index (χ0) is 22.6.